The van der Waals surface area contributed by atoms with Gasteiger partial charge >= 0.3 is 39.5 Å². The van der Waals surface area contributed by atoms with Gasteiger partial charge in [-0.15, -0.1) is 0 Å². The molecule has 0 saturated carbocycles. The molecule has 0 aromatic rings. The lowest BCUT2D eigenvalue weighted by Gasteiger charge is -2.21. The normalized spacial score (nSPS) is 14.4. The van der Waals surface area contributed by atoms with Crippen molar-refractivity contribution >= 4 is 39.5 Å². The number of hydrogen-bond acceptors (Lipinski definition) is 15. The number of phosphoric acid groups is 2. The van der Waals surface area contributed by atoms with E-state index < -0.39 is 97.5 Å². The van der Waals surface area contributed by atoms with Crippen molar-refractivity contribution in [3.63, 3.8) is 0 Å². The first-order valence-electron chi connectivity index (χ1n) is 36.2. The second-order valence-electron chi connectivity index (χ2n) is 26.4. The number of carbonyl (C=O) groups is 4. The molecule has 0 amide bonds. The number of ether oxygens (including phenoxy) is 4. The molecule has 0 fully saturated rings. The molecule has 0 spiro atoms. The molecule has 90 heavy (non-hydrogen) atoms. The highest BCUT2D eigenvalue weighted by Gasteiger charge is 2.30. The first kappa shape index (κ1) is 87.5. The summed E-state index contributed by atoms with van der Waals surface area (Å²) in [6, 6.07) is 0. The fourth-order valence-electron chi connectivity index (χ4n) is 10.2. The van der Waals surface area contributed by atoms with E-state index in [1.165, 1.54) is 122 Å². The van der Waals surface area contributed by atoms with Crippen molar-refractivity contribution < 1.29 is 80.2 Å². The molecule has 0 bridgehead atoms. The summed E-state index contributed by atoms with van der Waals surface area (Å²) in [4.78, 5) is 72.5. The van der Waals surface area contributed by atoms with Gasteiger partial charge in [0.2, 0.25) is 0 Å². The van der Waals surface area contributed by atoms with E-state index in [0.29, 0.717) is 31.6 Å². The smallest absolute Gasteiger partial charge is 0.462 e. The zero-order valence-electron chi connectivity index (χ0n) is 58.1. The average Bonchev–Trinajstić information content (AvgIpc) is 3.71. The Labute approximate surface area is 548 Å². The predicted molar refractivity (Wildman–Crippen MR) is 363 cm³/mol. The Balaban J connectivity index is 5.29. The minimum absolute atomic E-state index is 0.0837. The van der Waals surface area contributed by atoms with Crippen molar-refractivity contribution in [1.82, 2.24) is 0 Å². The summed E-state index contributed by atoms with van der Waals surface area (Å²) in [7, 11) is -9.92. The van der Waals surface area contributed by atoms with E-state index in [1.807, 2.05) is 0 Å². The highest BCUT2D eigenvalue weighted by molar-refractivity contribution is 7.47. The number of aliphatic hydroxyl groups excluding tert-OH is 1. The Morgan fingerprint density at radius 3 is 0.900 bits per heavy atom. The quantitative estimate of drug-likeness (QED) is 0.0169. The van der Waals surface area contributed by atoms with Crippen LogP contribution in [0.2, 0.25) is 0 Å². The summed E-state index contributed by atoms with van der Waals surface area (Å²) in [5.74, 6) is 0.0374. The molecule has 0 aliphatic carbocycles. The third-order valence-electron chi connectivity index (χ3n) is 15.8. The van der Waals surface area contributed by atoms with Crippen LogP contribution in [0.25, 0.3) is 0 Å². The third-order valence-corrected chi connectivity index (χ3v) is 17.7. The van der Waals surface area contributed by atoms with Crippen LogP contribution in [0.3, 0.4) is 0 Å². The van der Waals surface area contributed by atoms with Crippen molar-refractivity contribution in [1.29, 1.82) is 0 Å². The molecule has 0 rings (SSSR count). The van der Waals surface area contributed by atoms with Crippen LogP contribution < -0.4 is 0 Å². The van der Waals surface area contributed by atoms with Gasteiger partial charge in [-0.2, -0.15) is 0 Å². The van der Waals surface area contributed by atoms with Crippen LogP contribution >= 0.6 is 15.6 Å². The molecule has 0 heterocycles. The lowest BCUT2D eigenvalue weighted by molar-refractivity contribution is -0.161. The van der Waals surface area contributed by atoms with Crippen LogP contribution in [0, 0.1) is 17.8 Å². The summed E-state index contributed by atoms with van der Waals surface area (Å²) in [5, 5.41) is 10.6. The fraction of sp³-hybridized carbons (Fsp3) is 0.887. The standard InChI is InChI=1S/C71H134O17P2/c1-8-9-10-11-12-13-14-15-16-17-18-24-32-40-47-54-70(75)88-67(59-82-69(74)53-46-39-34-27-30-37-44-51-64(6)7)61-86-90(79,80)84-57-65(72)56-83-89(77,78)85-60-66(58-81-68(73)52-45-38-31-26-21-23-29-36-43-50-63(4)5)87-71(76)55-48-41-33-25-20-19-22-28-35-42-49-62(2)3/h13-16,62-67,72H,8-12,17-61H2,1-7H3,(H,77,78)(H,79,80)/b14-13-,16-15-/t65?,66-,67-/m1/s1. The fourth-order valence-corrected chi connectivity index (χ4v) is 11.8. The van der Waals surface area contributed by atoms with Crippen LogP contribution in [-0.4, -0.2) is 96.7 Å². The molecule has 0 aliphatic heterocycles. The summed E-state index contributed by atoms with van der Waals surface area (Å²) in [6.07, 6.45) is 48.1. The Morgan fingerprint density at radius 2 is 0.600 bits per heavy atom. The molecule has 0 aromatic carbocycles. The maximum atomic E-state index is 13.0. The Kier molecular flexibility index (Phi) is 59.7. The van der Waals surface area contributed by atoms with E-state index in [1.54, 1.807) is 0 Å². The van der Waals surface area contributed by atoms with Gasteiger partial charge in [-0.3, -0.25) is 37.3 Å². The van der Waals surface area contributed by atoms with Gasteiger partial charge in [0, 0.05) is 25.7 Å². The van der Waals surface area contributed by atoms with Gasteiger partial charge in [0.1, 0.15) is 19.3 Å². The van der Waals surface area contributed by atoms with Gasteiger partial charge in [0.15, 0.2) is 12.2 Å². The van der Waals surface area contributed by atoms with Gasteiger partial charge in [0.25, 0.3) is 0 Å². The number of carbonyl (C=O) groups excluding carboxylic acids is 4. The molecule has 0 saturated heterocycles. The molecule has 0 aliphatic rings. The van der Waals surface area contributed by atoms with Crippen molar-refractivity contribution in [3.05, 3.63) is 24.3 Å². The zero-order chi connectivity index (χ0) is 66.6. The zero-order valence-corrected chi connectivity index (χ0v) is 59.9. The van der Waals surface area contributed by atoms with Crippen molar-refractivity contribution in [3.8, 4) is 0 Å². The van der Waals surface area contributed by atoms with E-state index in [4.69, 9.17) is 37.0 Å². The Bertz CT molecular complexity index is 1860. The molecule has 5 atom stereocenters. The van der Waals surface area contributed by atoms with E-state index in [9.17, 15) is 43.2 Å². The van der Waals surface area contributed by atoms with E-state index >= 15 is 0 Å². The van der Waals surface area contributed by atoms with Crippen LogP contribution in [-0.2, 0) is 65.4 Å². The molecule has 17 nitrogen and oxygen atoms in total. The van der Waals surface area contributed by atoms with Crippen molar-refractivity contribution in [2.24, 2.45) is 17.8 Å². The van der Waals surface area contributed by atoms with Crippen LogP contribution in [0.4, 0.5) is 0 Å². The Morgan fingerprint density at radius 1 is 0.344 bits per heavy atom. The maximum absolute atomic E-state index is 13.0. The van der Waals surface area contributed by atoms with Crippen LogP contribution in [0.1, 0.15) is 331 Å². The number of aliphatic hydroxyl groups is 1. The van der Waals surface area contributed by atoms with E-state index in [0.717, 1.165) is 121 Å². The molecule has 19 heteroatoms. The molecule has 3 unspecified atom stereocenters. The van der Waals surface area contributed by atoms with E-state index in [-0.39, 0.29) is 25.7 Å². The predicted octanol–water partition coefficient (Wildman–Crippen LogP) is 19.8. The molecule has 3 N–H and O–H groups in total. The molecule has 530 valence electrons. The first-order chi connectivity index (χ1) is 43.2. The van der Waals surface area contributed by atoms with Gasteiger partial charge in [-0.05, 0) is 69.1 Å². The molecular weight excluding hydrogens is 1190 g/mol. The minimum Gasteiger partial charge on any atom is -0.462 e. The lowest BCUT2D eigenvalue weighted by Crippen LogP contribution is -2.30. The van der Waals surface area contributed by atoms with Crippen molar-refractivity contribution in [2.75, 3.05) is 39.6 Å². The monoisotopic (exact) mass is 1320 g/mol. The highest BCUT2D eigenvalue weighted by atomic mass is 31.2. The summed E-state index contributed by atoms with van der Waals surface area (Å²) in [5.41, 5.74) is 0. The Hall–Kier alpha value is -2.46. The number of phosphoric ester groups is 2. The minimum atomic E-state index is -4.96. The maximum Gasteiger partial charge on any atom is 0.472 e. The number of esters is 4. The molecule has 0 aromatic heterocycles. The summed E-state index contributed by atoms with van der Waals surface area (Å²) < 4.78 is 68.3. The number of hydrogen-bond donors (Lipinski definition) is 3. The topological polar surface area (TPSA) is 237 Å². The number of allylic oxidation sites excluding steroid dienone is 4. The van der Waals surface area contributed by atoms with Gasteiger partial charge in [0.05, 0.1) is 26.4 Å². The van der Waals surface area contributed by atoms with Crippen molar-refractivity contribution in [2.45, 2.75) is 349 Å². The second-order valence-corrected chi connectivity index (χ2v) is 29.3. The van der Waals surface area contributed by atoms with Gasteiger partial charge in [-0.25, -0.2) is 9.13 Å². The number of rotatable bonds is 67. The summed E-state index contributed by atoms with van der Waals surface area (Å²) in [6.45, 7) is 11.7. The summed E-state index contributed by atoms with van der Waals surface area (Å²) >= 11 is 0. The molecular formula is C71H134O17P2. The third kappa shape index (κ3) is 64.3. The lowest BCUT2D eigenvalue weighted by atomic mass is 10.0. The highest BCUT2D eigenvalue weighted by Crippen LogP contribution is 2.45. The van der Waals surface area contributed by atoms with Gasteiger partial charge in [-0.1, -0.05) is 278 Å². The number of unbranched alkanes of at least 4 members (excludes halogenated alkanes) is 32. The second kappa shape index (κ2) is 61.4. The molecule has 0 radical (unpaired) electrons. The van der Waals surface area contributed by atoms with Gasteiger partial charge < -0.3 is 33.8 Å². The SMILES string of the molecule is CCCCCC/C=C\C=C/CCCCCCCC(=O)O[C@H](COC(=O)CCCCCCCCCC(C)C)COP(=O)(O)OCC(O)COP(=O)(O)OC[C@@H](COC(=O)CCCCCCCCCCCC(C)C)OC(=O)CCCCCCCCCCCCC(C)C. The average molecular weight is 1320 g/mol. The van der Waals surface area contributed by atoms with E-state index in [2.05, 4.69) is 72.8 Å². The van der Waals surface area contributed by atoms with Crippen LogP contribution in [0.15, 0.2) is 24.3 Å². The van der Waals surface area contributed by atoms with Crippen LogP contribution in [0.5, 0.6) is 0 Å². The largest absolute Gasteiger partial charge is 0.472 e. The first-order valence-corrected chi connectivity index (χ1v) is 39.2.